The summed E-state index contributed by atoms with van der Waals surface area (Å²) in [5.74, 6) is -3.90. The van der Waals surface area contributed by atoms with Crippen LogP contribution in [0.2, 0.25) is 0 Å². The SMILES string of the molecule is CC[C@@H](CC(C)C)C(=O)N(C)[C@H](C(=O)C[C@H](C(=O)N(C)[C@@H]([C@@H](C)CC)[C@@H](CC(=O)N1CCC[C@H]1[C@H](OC)[C@@H](C)C(=O)N[C@@H](Cc1ccccc1)C(=O)O)OC)C(C)C)C(C)C. The minimum absolute atomic E-state index is 0.0226. The van der Waals surface area contributed by atoms with Gasteiger partial charge in [-0.15, -0.1) is 0 Å². The molecule has 1 saturated heterocycles. The van der Waals surface area contributed by atoms with Crippen molar-refractivity contribution in [3.63, 3.8) is 0 Å². The Morgan fingerprint density at radius 3 is 1.95 bits per heavy atom. The highest BCUT2D eigenvalue weighted by Gasteiger charge is 2.44. The van der Waals surface area contributed by atoms with Crippen molar-refractivity contribution < 1.29 is 43.3 Å². The third-order valence-corrected chi connectivity index (χ3v) is 13.0. The molecule has 61 heavy (non-hydrogen) atoms. The molecule has 0 radical (unpaired) electrons. The van der Waals surface area contributed by atoms with Gasteiger partial charge in [-0.25, -0.2) is 4.79 Å². The molecule has 13 nitrogen and oxygen atoms in total. The van der Waals surface area contributed by atoms with Crippen molar-refractivity contribution in [3.8, 4) is 0 Å². The number of ketones is 1. The highest BCUT2D eigenvalue weighted by Crippen LogP contribution is 2.31. The van der Waals surface area contributed by atoms with Crippen molar-refractivity contribution in [2.75, 3.05) is 34.9 Å². The molecule has 1 aromatic carbocycles. The van der Waals surface area contributed by atoms with Crippen LogP contribution in [0.3, 0.4) is 0 Å². The molecule has 0 aliphatic carbocycles. The molecule has 0 spiro atoms. The number of hydrogen-bond acceptors (Lipinski definition) is 8. The van der Waals surface area contributed by atoms with Gasteiger partial charge in [-0.05, 0) is 54.9 Å². The third kappa shape index (κ3) is 14.6. The number of aliphatic carboxylic acids is 1. The van der Waals surface area contributed by atoms with Crippen LogP contribution in [0.15, 0.2) is 30.3 Å². The summed E-state index contributed by atoms with van der Waals surface area (Å²) in [6.07, 6.45) is 2.09. The van der Waals surface area contributed by atoms with Gasteiger partial charge in [0, 0.05) is 59.5 Å². The summed E-state index contributed by atoms with van der Waals surface area (Å²) >= 11 is 0. The topological polar surface area (TPSA) is 163 Å². The summed E-state index contributed by atoms with van der Waals surface area (Å²) in [7, 11) is 6.47. The fourth-order valence-electron chi connectivity index (χ4n) is 9.34. The van der Waals surface area contributed by atoms with Crippen molar-refractivity contribution in [2.45, 2.75) is 157 Å². The van der Waals surface area contributed by atoms with Crippen molar-refractivity contribution in [3.05, 3.63) is 35.9 Å². The Morgan fingerprint density at radius 1 is 0.836 bits per heavy atom. The summed E-state index contributed by atoms with van der Waals surface area (Å²) in [4.78, 5) is 87.5. The molecule has 346 valence electrons. The van der Waals surface area contributed by atoms with E-state index in [4.69, 9.17) is 9.47 Å². The number of methoxy groups -OCH3 is 2. The average molecular weight is 857 g/mol. The minimum atomic E-state index is -1.14. The van der Waals surface area contributed by atoms with E-state index < -0.39 is 60.1 Å². The first-order valence-corrected chi connectivity index (χ1v) is 22.6. The number of hydrogen-bond donors (Lipinski definition) is 2. The third-order valence-electron chi connectivity index (χ3n) is 13.0. The van der Waals surface area contributed by atoms with Gasteiger partial charge in [0.05, 0.1) is 42.7 Å². The molecule has 2 rings (SSSR count). The molecule has 0 bridgehead atoms. The van der Waals surface area contributed by atoms with Gasteiger partial charge in [-0.1, -0.05) is 106 Å². The van der Waals surface area contributed by atoms with Gasteiger partial charge >= 0.3 is 5.97 Å². The Labute approximate surface area is 367 Å². The van der Waals surface area contributed by atoms with Gasteiger partial charge in [0.2, 0.25) is 23.6 Å². The Morgan fingerprint density at radius 2 is 1.46 bits per heavy atom. The lowest BCUT2D eigenvalue weighted by Crippen LogP contribution is -2.55. The highest BCUT2D eigenvalue weighted by molar-refractivity contribution is 5.93. The van der Waals surface area contributed by atoms with Gasteiger partial charge < -0.3 is 34.6 Å². The normalized spacial score (nSPS) is 18.8. The van der Waals surface area contributed by atoms with E-state index in [1.165, 1.54) is 14.2 Å². The maximum Gasteiger partial charge on any atom is 0.326 e. The Balaban J connectivity index is 2.31. The van der Waals surface area contributed by atoms with Crippen molar-refractivity contribution >= 4 is 35.4 Å². The molecule has 13 heteroatoms. The van der Waals surface area contributed by atoms with Gasteiger partial charge in [-0.3, -0.25) is 24.0 Å². The predicted octanol–water partition coefficient (Wildman–Crippen LogP) is 6.51. The average Bonchev–Trinajstić information content (AvgIpc) is 3.70. The zero-order valence-electron chi connectivity index (χ0n) is 39.8. The van der Waals surface area contributed by atoms with E-state index in [-0.39, 0.29) is 66.4 Å². The number of Topliss-reactive ketones (excluding diaryl/α,β-unsaturated/α-hetero) is 1. The molecule has 2 N–H and O–H groups in total. The van der Waals surface area contributed by atoms with Gasteiger partial charge in [0.25, 0.3) is 0 Å². The Hall–Kier alpha value is -3.84. The number of carboxylic acids is 1. The largest absolute Gasteiger partial charge is 0.480 e. The predicted molar refractivity (Wildman–Crippen MR) is 238 cm³/mol. The van der Waals surface area contributed by atoms with E-state index >= 15 is 0 Å². The number of amides is 4. The van der Waals surface area contributed by atoms with Crippen LogP contribution >= 0.6 is 0 Å². The summed E-state index contributed by atoms with van der Waals surface area (Å²) in [5, 5.41) is 12.6. The fraction of sp³-hybridized carbons (Fsp3) is 0.750. The maximum absolute atomic E-state index is 14.6. The lowest BCUT2D eigenvalue weighted by Gasteiger charge is -2.41. The second-order valence-corrected chi connectivity index (χ2v) is 18.6. The van der Waals surface area contributed by atoms with Gasteiger partial charge in [0.1, 0.15) is 6.04 Å². The number of carbonyl (C=O) groups excluding carboxylic acids is 5. The minimum Gasteiger partial charge on any atom is -0.480 e. The molecule has 1 aromatic rings. The first kappa shape index (κ1) is 53.3. The molecule has 0 aromatic heterocycles. The Bertz CT molecular complexity index is 1570. The molecular weight excluding hydrogens is 777 g/mol. The van der Waals surface area contributed by atoms with Crippen molar-refractivity contribution in [1.82, 2.24) is 20.0 Å². The number of ether oxygens (including phenoxy) is 2. The van der Waals surface area contributed by atoms with Crippen molar-refractivity contribution in [1.29, 1.82) is 0 Å². The van der Waals surface area contributed by atoms with Crippen LogP contribution in [-0.2, 0) is 44.7 Å². The van der Waals surface area contributed by atoms with Crippen LogP contribution in [-0.4, -0.2) is 126 Å². The smallest absolute Gasteiger partial charge is 0.326 e. The monoisotopic (exact) mass is 857 g/mol. The molecule has 0 unspecified atom stereocenters. The molecule has 0 saturated carbocycles. The number of benzene rings is 1. The van der Waals surface area contributed by atoms with E-state index in [0.717, 1.165) is 12.0 Å². The molecule has 10 atom stereocenters. The number of likely N-dealkylation sites (tertiary alicyclic amines) is 1. The summed E-state index contributed by atoms with van der Waals surface area (Å²) in [6, 6.07) is 6.34. The number of nitrogens with zero attached hydrogens (tertiary/aromatic N) is 3. The van der Waals surface area contributed by atoms with E-state index in [0.29, 0.717) is 38.1 Å². The fourth-order valence-corrected chi connectivity index (χ4v) is 9.34. The first-order chi connectivity index (χ1) is 28.7. The number of carboxylic acid groups (broad SMARTS) is 1. The second kappa shape index (κ2) is 25.3. The van der Waals surface area contributed by atoms with E-state index in [9.17, 15) is 33.9 Å². The zero-order valence-corrected chi connectivity index (χ0v) is 39.8. The number of nitrogens with one attached hydrogen (secondary N) is 1. The number of likely N-dealkylation sites (N-methyl/N-ethyl adjacent to an activating group) is 2. The number of carbonyl (C=O) groups is 6. The van der Waals surface area contributed by atoms with E-state index in [1.807, 2.05) is 78.8 Å². The lowest BCUT2D eigenvalue weighted by molar-refractivity contribution is -0.150. The Kier molecular flexibility index (Phi) is 22.1. The molecule has 1 fully saturated rings. The standard InChI is InChI=1S/C48H80N4O9/c1-15-32(9)43(51(12)47(57)36(30(5)6)27-39(53)42(31(7)8)50(11)46(56)35(16-2)25-29(3)4)40(60-13)28-41(54)52-24-20-23-38(52)44(61-14)33(10)45(55)49-37(48(58)59)26-34-21-18-17-19-22-34/h17-19,21-22,29-33,35-38,40,42-44H,15-16,20,23-28H2,1-14H3,(H,49,55)(H,58,59)/t32-,33+,35-,36-,37-,38-,40+,42-,43-,44+/m0/s1. The highest BCUT2D eigenvalue weighted by atomic mass is 16.5. The quantitative estimate of drug-likeness (QED) is 0.106. The maximum atomic E-state index is 14.6. The molecule has 4 amide bonds. The summed E-state index contributed by atoms with van der Waals surface area (Å²) in [5.41, 5.74) is 0.779. The van der Waals surface area contributed by atoms with Crippen LogP contribution in [0.4, 0.5) is 0 Å². The molecule has 1 aliphatic heterocycles. The second-order valence-electron chi connectivity index (χ2n) is 18.6. The summed E-state index contributed by atoms with van der Waals surface area (Å²) < 4.78 is 12.0. The van der Waals surface area contributed by atoms with Crippen molar-refractivity contribution in [2.24, 2.45) is 41.4 Å². The van der Waals surface area contributed by atoms with E-state index in [2.05, 4.69) is 19.2 Å². The van der Waals surface area contributed by atoms with Crippen LogP contribution in [0, 0.1) is 41.4 Å². The summed E-state index contributed by atoms with van der Waals surface area (Å²) in [6.45, 7) is 20.1. The van der Waals surface area contributed by atoms with Crippen LogP contribution < -0.4 is 5.32 Å². The van der Waals surface area contributed by atoms with Crippen LogP contribution in [0.5, 0.6) is 0 Å². The van der Waals surface area contributed by atoms with Gasteiger partial charge in [0.15, 0.2) is 5.78 Å². The first-order valence-electron chi connectivity index (χ1n) is 22.6. The molecule has 1 heterocycles. The number of rotatable bonds is 26. The van der Waals surface area contributed by atoms with Gasteiger partial charge in [-0.2, -0.15) is 0 Å². The van der Waals surface area contributed by atoms with Crippen LogP contribution in [0.1, 0.15) is 120 Å². The molecular formula is C48H80N4O9. The zero-order chi connectivity index (χ0) is 46.3. The molecule has 1 aliphatic rings. The lowest BCUT2D eigenvalue weighted by atomic mass is 9.83. The van der Waals surface area contributed by atoms with E-state index in [1.54, 1.807) is 35.7 Å². The van der Waals surface area contributed by atoms with Crippen LogP contribution in [0.25, 0.3) is 0 Å².